The van der Waals surface area contributed by atoms with E-state index in [0.717, 1.165) is 30.8 Å². The molecule has 2 aromatic heterocycles. The highest BCUT2D eigenvalue weighted by atomic mass is 16.5. The molecule has 168 valence electrons. The van der Waals surface area contributed by atoms with Crippen LogP contribution in [0.1, 0.15) is 47.9 Å². The SMILES string of the molecule is Cc1cc(N2CC[C@](C)(c3ccccc3)C2)cn2nc(C(=O)NC34COC(C#N)(C3)C4)nc12. The van der Waals surface area contributed by atoms with Crippen LogP contribution in [0.25, 0.3) is 5.65 Å². The fourth-order valence-corrected chi connectivity index (χ4v) is 5.71. The van der Waals surface area contributed by atoms with Crippen LogP contribution in [0.15, 0.2) is 42.6 Å². The fourth-order valence-electron chi connectivity index (χ4n) is 5.71. The molecule has 0 radical (unpaired) electrons. The summed E-state index contributed by atoms with van der Waals surface area (Å²) in [5.74, 6) is -0.184. The first-order valence-corrected chi connectivity index (χ1v) is 11.4. The highest BCUT2D eigenvalue weighted by Crippen LogP contribution is 2.51. The van der Waals surface area contributed by atoms with Crippen LogP contribution in [0.2, 0.25) is 0 Å². The number of pyridine rings is 1. The van der Waals surface area contributed by atoms with Crippen molar-refractivity contribution >= 4 is 17.2 Å². The molecule has 1 aliphatic carbocycles. The van der Waals surface area contributed by atoms with Crippen molar-refractivity contribution in [2.75, 3.05) is 24.6 Å². The summed E-state index contributed by atoms with van der Waals surface area (Å²) in [5.41, 5.74) is 2.99. The summed E-state index contributed by atoms with van der Waals surface area (Å²) in [4.78, 5) is 19.8. The number of fused-ring (bicyclic) bond motifs is 2. The minimum atomic E-state index is -0.727. The maximum absolute atomic E-state index is 12.9. The Hall–Kier alpha value is -3.44. The van der Waals surface area contributed by atoms with E-state index in [-0.39, 0.29) is 17.1 Å². The number of aromatic nitrogens is 3. The van der Waals surface area contributed by atoms with E-state index in [1.165, 1.54) is 5.56 Å². The molecule has 1 N–H and O–H groups in total. The number of nitriles is 1. The lowest BCUT2D eigenvalue weighted by molar-refractivity contribution is 0.0470. The number of carbonyl (C=O) groups excluding carboxylic acids is 1. The van der Waals surface area contributed by atoms with Gasteiger partial charge < -0.3 is 15.0 Å². The first-order chi connectivity index (χ1) is 15.8. The van der Waals surface area contributed by atoms with E-state index in [2.05, 4.69) is 69.7 Å². The van der Waals surface area contributed by atoms with E-state index in [0.29, 0.717) is 25.1 Å². The largest absolute Gasteiger partial charge is 0.369 e. The van der Waals surface area contributed by atoms with Gasteiger partial charge in [0.25, 0.3) is 5.91 Å². The van der Waals surface area contributed by atoms with Gasteiger partial charge in [-0.1, -0.05) is 37.3 Å². The molecular weight excluding hydrogens is 416 g/mol. The minimum Gasteiger partial charge on any atom is -0.369 e. The average molecular weight is 443 g/mol. The number of hydrogen-bond donors (Lipinski definition) is 1. The molecule has 1 aromatic carbocycles. The van der Waals surface area contributed by atoms with E-state index < -0.39 is 11.1 Å². The molecule has 0 unspecified atom stereocenters. The zero-order valence-corrected chi connectivity index (χ0v) is 18.8. The molecule has 3 aromatic rings. The first-order valence-electron chi connectivity index (χ1n) is 11.4. The Morgan fingerprint density at radius 2 is 2.06 bits per heavy atom. The van der Waals surface area contributed by atoms with Crippen LogP contribution < -0.4 is 10.2 Å². The second-order valence-corrected chi connectivity index (χ2v) is 10.2. The van der Waals surface area contributed by atoms with E-state index in [1.54, 1.807) is 4.52 Å². The van der Waals surface area contributed by atoms with Crippen molar-refractivity contribution < 1.29 is 9.53 Å². The Bertz CT molecular complexity index is 1300. The maximum atomic E-state index is 12.9. The van der Waals surface area contributed by atoms with Gasteiger partial charge in [0.1, 0.15) is 0 Å². The summed E-state index contributed by atoms with van der Waals surface area (Å²) < 4.78 is 7.29. The van der Waals surface area contributed by atoms with Gasteiger partial charge in [0.2, 0.25) is 5.82 Å². The van der Waals surface area contributed by atoms with Crippen molar-refractivity contribution in [1.29, 1.82) is 5.26 Å². The van der Waals surface area contributed by atoms with Crippen LogP contribution in [-0.2, 0) is 10.2 Å². The van der Waals surface area contributed by atoms with Crippen molar-refractivity contribution in [3.63, 3.8) is 0 Å². The molecule has 8 nitrogen and oxygen atoms in total. The van der Waals surface area contributed by atoms with Crippen LogP contribution >= 0.6 is 0 Å². The maximum Gasteiger partial charge on any atom is 0.291 e. The molecule has 1 saturated carbocycles. The summed E-state index contributed by atoms with van der Waals surface area (Å²) in [6, 6.07) is 15.0. The van der Waals surface area contributed by atoms with Gasteiger partial charge in [-0.2, -0.15) is 5.26 Å². The molecule has 4 aliphatic rings. The van der Waals surface area contributed by atoms with Gasteiger partial charge in [0, 0.05) is 31.3 Å². The smallest absolute Gasteiger partial charge is 0.291 e. The third-order valence-electron chi connectivity index (χ3n) is 7.57. The summed E-state index contributed by atoms with van der Waals surface area (Å²) in [5, 5.41) is 16.7. The van der Waals surface area contributed by atoms with E-state index in [1.807, 2.05) is 13.1 Å². The van der Waals surface area contributed by atoms with Gasteiger partial charge in [0.05, 0.1) is 30.1 Å². The van der Waals surface area contributed by atoms with Crippen LogP contribution in [0.3, 0.4) is 0 Å². The van der Waals surface area contributed by atoms with Gasteiger partial charge in [-0.15, -0.1) is 5.10 Å². The highest BCUT2D eigenvalue weighted by molar-refractivity contribution is 5.92. The highest BCUT2D eigenvalue weighted by Gasteiger charge is 2.64. The zero-order chi connectivity index (χ0) is 22.8. The third kappa shape index (κ3) is 3.10. The van der Waals surface area contributed by atoms with Crippen LogP contribution in [0.5, 0.6) is 0 Å². The van der Waals surface area contributed by atoms with E-state index >= 15 is 0 Å². The predicted octanol–water partition coefficient (Wildman–Crippen LogP) is 2.76. The lowest BCUT2D eigenvalue weighted by Crippen LogP contribution is -2.59. The number of nitrogens with one attached hydrogen (secondary N) is 1. The standard InChI is InChI=1S/C25H26N6O2/c1-17-10-19(30-9-8-23(2,15-30)18-6-4-3-5-7-18)11-31-21(17)27-20(29-31)22(32)28-24-12-25(13-24,14-26)33-16-24/h3-7,10-11H,8-9,12-13,15-16H2,1-2H3,(H,28,32)/t23-,24?,25?/m0/s1. The number of hydrogen-bond acceptors (Lipinski definition) is 6. The van der Waals surface area contributed by atoms with Crippen LogP contribution in [0.4, 0.5) is 5.69 Å². The molecule has 5 heterocycles. The summed E-state index contributed by atoms with van der Waals surface area (Å²) in [7, 11) is 0. The second kappa shape index (κ2) is 6.78. The topological polar surface area (TPSA) is 95.5 Å². The molecule has 2 bridgehead atoms. The number of anilines is 1. The second-order valence-electron chi connectivity index (χ2n) is 10.2. The number of rotatable bonds is 4. The molecule has 0 spiro atoms. The lowest BCUT2D eigenvalue weighted by Gasteiger charge is -2.40. The molecule has 7 rings (SSSR count). The van der Waals surface area contributed by atoms with Crippen molar-refractivity contribution in [1.82, 2.24) is 19.9 Å². The molecule has 33 heavy (non-hydrogen) atoms. The Balaban J connectivity index is 1.23. The molecular formula is C25H26N6O2. The monoisotopic (exact) mass is 442 g/mol. The van der Waals surface area contributed by atoms with Crippen LogP contribution in [-0.4, -0.2) is 51.3 Å². The zero-order valence-electron chi connectivity index (χ0n) is 18.8. The molecule has 8 heteroatoms. The lowest BCUT2D eigenvalue weighted by atomic mass is 9.69. The predicted molar refractivity (Wildman–Crippen MR) is 122 cm³/mol. The number of benzene rings is 1. The molecule has 4 fully saturated rings. The van der Waals surface area contributed by atoms with Crippen molar-refractivity contribution in [2.45, 2.75) is 49.7 Å². The summed E-state index contributed by atoms with van der Waals surface area (Å²) >= 11 is 0. The number of aryl methyl sites for hydroxylation is 1. The third-order valence-corrected chi connectivity index (χ3v) is 7.57. The first kappa shape index (κ1) is 20.2. The number of carbonyl (C=O) groups is 1. The van der Waals surface area contributed by atoms with Gasteiger partial charge in [0.15, 0.2) is 11.2 Å². The number of nitrogens with zero attached hydrogens (tertiary/aromatic N) is 5. The fraction of sp³-hybridized carbons (Fsp3) is 0.440. The molecule has 3 saturated heterocycles. The molecule has 1 atom stereocenters. The van der Waals surface area contributed by atoms with Gasteiger partial charge in [-0.3, -0.25) is 4.79 Å². The summed E-state index contributed by atoms with van der Waals surface area (Å²) in [6.07, 6.45) is 4.08. The molecule has 1 amide bonds. The number of ether oxygens (including phenoxy) is 1. The van der Waals surface area contributed by atoms with Crippen molar-refractivity contribution in [3.8, 4) is 6.07 Å². The average Bonchev–Trinajstić information content (AvgIpc) is 3.56. The molecule has 3 aliphatic heterocycles. The normalized spacial score (nSPS) is 30.3. The quantitative estimate of drug-likeness (QED) is 0.668. The Kier molecular flexibility index (Phi) is 4.15. The Labute approximate surface area is 192 Å². The van der Waals surface area contributed by atoms with E-state index in [9.17, 15) is 10.1 Å². The van der Waals surface area contributed by atoms with Gasteiger partial charge in [-0.05, 0) is 30.5 Å². The van der Waals surface area contributed by atoms with E-state index in [4.69, 9.17) is 4.74 Å². The van der Waals surface area contributed by atoms with Crippen molar-refractivity contribution in [2.24, 2.45) is 0 Å². The number of amides is 1. The van der Waals surface area contributed by atoms with Gasteiger partial charge in [-0.25, -0.2) is 9.50 Å². The Morgan fingerprint density at radius 3 is 2.79 bits per heavy atom. The summed E-state index contributed by atoms with van der Waals surface area (Å²) in [6.45, 7) is 6.56. The minimum absolute atomic E-state index is 0.0988. The van der Waals surface area contributed by atoms with Crippen molar-refractivity contribution in [3.05, 3.63) is 59.5 Å². The Morgan fingerprint density at radius 1 is 1.27 bits per heavy atom. The van der Waals surface area contributed by atoms with Gasteiger partial charge >= 0.3 is 0 Å². The van der Waals surface area contributed by atoms with Crippen LogP contribution in [0, 0.1) is 18.3 Å².